The largest absolute Gasteiger partial charge is 0.465 e. The number of nitrogens with one attached hydrogen (secondary N) is 2. The summed E-state index contributed by atoms with van der Waals surface area (Å²) in [5.74, 6) is -1.19. The number of methoxy groups -OCH3 is 1. The molecule has 10 heteroatoms. The Morgan fingerprint density at radius 3 is 2.49 bits per heavy atom. The molecule has 0 radical (unpaired) electrons. The number of rotatable bonds is 8. The number of aryl methyl sites for hydroxylation is 1. The van der Waals surface area contributed by atoms with Gasteiger partial charge in [-0.25, -0.2) is 9.18 Å². The molecular weight excluding hydrogens is 541 g/mol. The number of carbonyl (C=O) groups excluding carboxylic acids is 2. The van der Waals surface area contributed by atoms with Gasteiger partial charge in [-0.3, -0.25) is 9.78 Å². The summed E-state index contributed by atoms with van der Waals surface area (Å²) in [6.07, 6.45) is 1.85. The number of pyridine rings is 1. The van der Waals surface area contributed by atoms with E-state index in [1.165, 1.54) is 19.2 Å². The molecule has 1 saturated heterocycles. The minimum Gasteiger partial charge on any atom is -0.465 e. The molecule has 1 aliphatic rings. The van der Waals surface area contributed by atoms with Gasteiger partial charge in [0.25, 0.3) is 0 Å². The maximum Gasteiger partial charge on any atom is 0.337 e. The molecule has 1 fully saturated rings. The quantitative estimate of drug-likeness (QED) is 0.216. The first-order valence-corrected chi connectivity index (χ1v) is 13.6. The Balaban J connectivity index is 1.47. The Morgan fingerprint density at radius 2 is 1.80 bits per heavy atom. The van der Waals surface area contributed by atoms with Crippen molar-refractivity contribution in [3.8, 4) is 5.69 Å². The van der Waals surface area contributed by atoms with E-state index in [1.807, 2.05) is 49.1 Å². The lowest BCUT2D eigenvalue weighted by molar-refractivity contribution is -0.116. The summed E-state index contributed by atoms with van der Waals surface area (Å²) < 4.78 is 21.0. The fourth-order valence-electron chi connectivity index (χ4n) is 5.33. The third kappa shape index (κ3) is 5.69. The van der Waals surface area contributed by atoms with E-state index >= 15 is 0 Å². The lowest BCUT2D eigenvalue weighted by Crippen LogP contribution is -2.33. The van der Waals surface area contributed by atoms with Crippen LogP contribution in [0, 0.1) is 19.7 Å². The highest BCUT2D eigenvalue weighted by Gasteiger charge is 2.41. The minimum atomic E-state index is -0.487. The number of amides is 1. The van der Waals surface area contributed by atoms with Gasteiger partial charge in [-0.1, -0.05) is 18.2 Å². The topological polar surface area (TPSA) is 88.5 Å². The lowest BCUT2D eigenvalue weighted by Gasteiger charge is -2.28. The zero-order valence-electron chi connectivity index (χ0n) is 22.9. The second kappa shape index (κ2) is 11.9. The average Bonchev–Trinajstić information content (AvgIpc) is 3.47. The SMILES string of the molecule is COC(=O)c1ccc(-n2c(C)cc([C@H]3[C@@H](c4ccccn4)NC(=S)N3CCC(=O)Nc3ccccc3F)c2C)cc1. The van der Waals surface area contributed by atoms with Crippen molar-refractivity contribution < 1.29 is 18.7 Å². The molecule has 8 nitrogen and oxygen atoms in total. The van der Waals surface area contributed by atoms with Gasteiger partial charge < -0.3 is 24.8 Å². The summed E-state index contributed by atoms with van der Waals surface area (Å²) >= 11 is 5.77. The fraction of sp³-hybridized carbons (Fsp3) is 0.226. The number of halogens is 1. The van der Waals surface area contributed by atoms with E-state index < -0.39 is 11.8 Å². The van der Waals surface area contributed by atoms with Crippen LogP contribution in [0.15, 0.2) is 79.0 Å². The number of para-hydroxylation sites is 1. The molecule has 210 valence electrons. The molecule has 4 aromatic rings. The van der Waals surface area contributed by atoms with Gasteiger partial charge in [0.05, 0.1) is 36.1 Å². The monoisotopic (exact) mass is 571 g/mol. The Labute approximate surface area is 243 Å². The summed E-state index contributed by atoms with van der Waals surface area (Å²) in [6, 6.07) is 20.7. The number of esters is 1. The fourth-order valence-corrected chi connectivity index (χ4v) is 5.66. The number of thiocarbonyl (C=S) groups is 1. The Kier molecular flexibility index (Phi) is 8.11. The maximum absolute atomic E-state index is 14.1. The number of hydrogen-bond acceptors (Lipinski definition) is 5. The molecule has 5 rings (SSSR count). The van der Waals surface area contributed by atoms with Crippen molar-refractivity contribution in [1.82, 2.24) is 19.8 Å². The van der Waals surface area contributed by atoms with E-state index in [0.717, 1.165) is 28.3 Å². The predicted molar refractivity (Wildman–Crippen MR) is 158 cm³/mol. The first-order valence-electron chi connectivity index (χ1n) is 13.2. The maximum atomic E-state index is 14.1. The molecule has 2 N–H and O–H groups in total. The summed E-state index contributed by atoms with van der Waals surface area (Å²) in [5, 5.41) is 6.58. The van der Waals surface area contributed by atoms with Gasteiger partial charge in [-0.15, -0.1) is 0 Å². The number of anilines is 1. The van der Waals surface area contributed by atoms with E-state index in [2.05, 4.69) is 26.3 Å². The molecular formula is C31H30FN5O3S. The molecule has 41 heavy (non-hydrogen) atoms. The standard InChI is InChI=1S/C31H30FN5O3S/c1-19-18-23(20(2)37(19)22-13-11-21(12-14-22)30(39)40-3)29-28(26-10-6-7-16-33-26)35-31(41)36(29)17-15-27(38)34-25-9-5-4-8-24(25)32/h4-14,16,18,28-29H,15,17H2,1-3H3,(H,34,38)(H,35,41)/t28-,29+/m1/s1. The van der Waals surface area contributed by atoms with Gasteiger partial charge >= 0.3 is 5.97 Å². The average molecular weight is 572 g/mol. The first-order chi connectivity index (χ1) is 19.8. The van der Waals surface area contributed by atoms with E-state index in [-0.39, 0.29) is 30.1 Å². The molecule has 0 aliphatic carbocycles. The molecule has 1 aliphatic heterocycles. The van der Waals surface area contributed by atoms with Crippen molar-refractivity contribution in [2.75, 3.05) is 19.0 Å². The van der Waals surface area contributed by atoms with Crippen LogP contribution in [0.4, 0.5) is 10.1 Å². The van der Waals surface area contributed by atoms with Crippen molar-refractivity contribution in [2.45, 2.75) is 32.4 Å². The van der Waals surface area contributed by atoms with Crippen LogP contribution in [0.2, 0.25) is 0 Å². The molecule has 0 unspecified atom stereocenters. The molecule has 2 aromatic heterocycles. The van der Waals surface area contributed by atoms with Crippen molar-refractivity contribution in [2.24, 2.45) is 0 Å². The highest BCUT2D eigenvalue weighted by molar-refractivity contribution is 7.80. The number of benzene rings is 2. The number of hydrogen-bond donors (Lipinski definition) is 2. The van der Waals surface area contributed by atoms with E-state index in [9.17, 15) is 14.0 Å². The van der Waals surface area contributed by atoms with Crippen LogP contribution in [0.25, 0.3) is 5.69 Å². The van der Waals surface area contributed by atoms with Crippen molar-refractivity contribution in [1.29, 1.82) is 0 Å². The van der Waals surface area contributed by atoms with Crippen LogP contribution in [-0.4, -0.2) is 45.1 Å². The summed E-state index contributed by atoms with van der Waals surface area (Å²) in [6.45, 7) is 4.38. The van der Waals surface area contributed by atoms with Crippen LogP contribution in [0.5, 0.6) is 0 Å². The van der Waals surface area contributed by atoms with Crippen LogP contribution in [0.1, 0.15) is 51.5 Å². The molecule has 1 amide bonds. The van der Waals surface area contributed by atoms with Gasteiger partial charge in [0.15, 0.2) is 5.11 Å². The van der Waals surface area contributed by atoms with E-state index in [1.54, 1.807) is 30.5 Å². The smallest absolute Gasteiger partial charge is 0.337 e. The van der Waals surface area contributed by atoms with Crippen LogP contribution >= 0.6 is 12.2 Å². The van der Waals surface area contributed by atoms with Gasteiger partial charge in [-0.2, -0.15) is 0 Å². The van der Waals surface area contributed by atoms with Crippen LogP contribution in [-0.2, 0) is 9.53 Å². The van der Waals surface area contributed by atoms with E-state index in [4.69, 9.17) is 17.0 Å². The number of ether oxygens (including phenoxy) is 1. The molecule has 3 heterocycles. The van der Waals surface area contributed by atoms with Crippen molar-refractivity contribution in [3.63, 3.8) is 0 Å². The first kappa shape index (κ1) is 28.0. The Morgan fingerprint density at radius 1 is 1.07 bits per heavy atom. The summed E-state index contributed by atoms with van der Waals surface area (Å²) in [7, 11) is 1.36. The van der Waals surface area contributed by atoms with Crippen LogP contribution < -0.4 is 10.6 Å². The summed E-state index contributed by atoms with van der Waals surface area (Å²) in [5.41, 5.74) is 5.36. The molecule has 0 spiro atoms. The van der Waals surface area contributed by atoms with E-state index in [0.29, 0.717) is 17.2 Å². The van der Waals surface area contributed by atoms with Crippen molar-refractivity contribution >= 4 is 34.9 Å². The zero-order valence-corrected chi connectivity index (χ0v) is 23.7. The Bertz CT molecular complexity index is 1590. The zero-order chi connectivity index (χ0) is 29.1. The minimum absolute atomic E-state index is 0.106. The molecule has 2 atom stereocenters. The number of carbonyl (C=O) groups is 2. The predicted octanol–water partition coefficient (Wildman–Crippen LogP) is 5.42. The highest BCUT2D eigenvalue weighted by atomic mass is 32.1. The third-order valence-corrected chi connectivity index (χ3v) is 7.61. The lowest BCUT2D eigenvalue weighted by atomic mass is 9.96. The van der Waals surface area contributed by atoms with Gasteiger partial charge in [0.2, 0.25) is 5.91 Å². The van der Waals surface area contributed by atoms with Crippen molar-refractivity contribution in [3.05, 3.63) is 113 Å². The normalized spacial score (nSPS) is 16.4. The van der Waals surface area contributed by atoms with Gasteiger partial charge in [0.1, 0.15) is 5.82 Å². The van der Waals surface area contributed by atoms with Crippen LogP contribution in [0.3, 0.4) is 0 Å². The highest BCUT2D eigenvalue weighted by Crippen LogP contribution is 2.41. The second-order valence-electron chi connectivity index (χ2n) is 9.80. The molecule has 0 bridgehead atoms. The number of nitrogens with zero attached hydrogens (tertiary/aromatic N) is 3. The number of aromatic nitrogens is 2. The summed E-state index contributed by atoms with van der Waals surface area (Å²) in [4.78, 5) is 31.3. The van der Waals surface area contributed by atoms with Gasteiger partial charge in [-0.05, 0) is 86.2 Å². The molecule has 0 saturated carbocycles. The third-order valence-electron chi connectivity index (χ3n) is 7.26. The molecule has 2 aromatic carbocycles. The van der Waals surface area contributed by atoms with Gasteiger partial charge in [0, 0.05) is 36.2 Å². The Hall–Kier alpha value is -4.57. The second-order valence-corrected chi connectivity index (χ2v) is 10.2.